The van der Waals surface area contributed by atoms with Crippen LogP contribution in [0.3, 0.4) is 0 Å². The molecule has 0 unspecified atom stereocenters. The highest BCUT2D eigenvalue weighted by molar-refractivity contribution is 5.95. The highest BCUT2D eigenvalue weighted by atomic mass is 16.5. The minimum Gasteiger partial charge on any atom is -0.497 e. The van der Waals surface area contributed by atoms with Gasteiger partial charge in [-0.15, -0.1) is 6.42 Å². The molecule has 25 heavy (non-hydrogen) atoms. The molecule has 0 aliphatic carbocycles. The van der Waals surface area contributed by atoms with Gasteiger partial charge in [0.05, 0.1) is 20.4 Å². The number of nitrogens with one attached hydrogen (secondary N) is 1. The minimum atomic E-state index is -0.357. The molecule has 2 aromatic carbocycles. The third kappa shape index (κ3) is 5.01. The van der Waals surface area contributed by atoms with E-state index in [1.807, 2.05) is 0 Å². The zero-order chi connectivity index (χ0) is 18.1. The number of nitrogens with zero attached hydrogens (tertiary/aromatic N) is 1. The maximum Gasteiger partial charge on any atom is 0.271 e. The van der Waals surface area contributed by atoms with E-state index in [0.717, 1.165) is 0 Å². The first-order valence-corrected chi connectivity index (χ1v) is 7.39. The fourth-order valence-electron chi connectivity index (χ4n) is 1.99. The quantitative estimate of drug-likeness (QED) is 0.478. The van der Waals surface area contributed by atoms with Crippen molar-refractivity contribution in [1.82, 2.24) is 5.43 Å². The minimum absolute atomic E-state index is 0.128. The van der Waals surface area contributed by atoms with Crippen LogP contribution in [-0.4, -0.2) is 32.9 Å². The Kier molecular flexibility index (Phi) is 6.43. The van der Waals surface area contributed by atoms with Crippen molar-refractivity contribution in [2.75, 3.05) is 20.8 Å². The molecule has 1 N–H and O–H groups in total. The molecule has 0 fully saturated rings. The van der Waals surface area contributed by atoms with E-state index in [0.29, 0.717) is 28.4 Å². The molecular weight excluding hydrogens is 320 g/mol. The summed E-state index contributed by atoms with van der Waals surface area (Å²) in [7, 11) is 3.10. The van der Waals surface area contributed by atoms with Gasteiger partial charge in [-0.3, -0.25) is 4.79 Å². The van der Waals surface area contributed by atoms with Crippen LogP contribution in [0.25, 0.3) is 0 Å². The van der Waals surface area contributed by atoms with Crippen LogP contribution in [0.1, 0.15) is 15.9 Å². The van der Waals surface area contributed by atoms with Crippen LogP contribution in [0.15, 0.2) is 47.6 Å². The van der Waals surface area contributed by atoms with Crippen molar-refractivity contribution in [3.63, 3.8) is 0 Å². The van der Waals surface area contributed by atoms with Gasteiger partial charge in [-0.05, 0) is 36.4 Å². The van der Waals surface area contributed by atoms with E-state index in [1.165, 1.54) is 13.3 Å². The lowest BCUT2D eigenvalue weighted by Gasteiger charge is -2.08. The first-order valence-electron chi connectivity index (χ1n) is 7.39. The third-order valence-corrected chi connectivity index (χ3v) is 3.23. The zero-order valence-corrected chi connectivity index (χ0v) is 14.0. The normalized spacial score (nSPS) is 10.1. The zero-order valence-electron chi connectivity index (χ0n) is 14.0. The number of carbonyl (C=O) groups is 1. The van der Waals surface area contributed by atoms with E-state index in [1.54, 1.807) is 49.6 Å². The van der Waals surface area contributed by atoms with Crippen LogP contribution in [0.5, 0.6) is 17.2 Å². The number of hydrogen-bond acceptors (Lipinski definition) is 5. The topological polar surface area (TPSA) is 69.2 Å². The second-order valence-corrected chi connectivity index (χ2v) is 4.83. The average Bonchev–Trinajstić information content (AvgIpc) is 2.66. The Morgan fingerprint density at radius 1 is 1.20 bits per heavy atom. The Bertz CT molecular complexity index is 809. The van der Waals surface area contributed by atoms with Crippen molar-refractivity contribution < 1.29 is 19.0 Å². The number of terminal acetylenes is 1. The second-order valence-electron chi connectivity index (χ2n) is 4.83. The van der Waals surface area contributed by atoms with Gasteiger partial charge in [-0.25, -0.2) is 5.43 Å². The molecule has 2 aromatic rings. The predicted octanol–water partition coefficient (Wildman–Crippen LogP) is 2.48. The number of methoxy groups -OCH3 is 2. The predicted molar refractivity (Wildman–Crippen MR) is 95.4 cm³/mol. The second kappa shape index (κ2) is 8.99. The summed E-state index contributed by atoms with van der Waals surface area (Å²) < 4.78 is 15.7. The number of hydrazone groups is 1. The van der Waals surface area contributed by atoms with Crippen LogP contribution < -0.4 is 19.6 Å². The van der Waals surface area contributed by atoms with E-state index in [4.69, 9.17) is 20.6 Å². The standard InChI is InChI=1S/C19H18N2O4/c1-4-10-25-18-9-8-17(24-3)12-15(18)13-20-21-19(22)14-6-5-7-16(11-14)23-2/h1,5-9,11-13H,10H2,2-3H3,(H,21,22)/b20-13-. The molecule has 0 saturated carbocycles. The van der Waals surface area contributed by atoms with Crippen LogP contribution in [0, 0.1) is 12.3 Å². The SMILES string of the molecule is C#CCOc1ccc(OC)cc1/C=N\NC(=O)c1cccc(OC)c1. The Morgan fingerprint density at radius 2 is 1.96 bits per heavy atom. The number of ether oxygens (including phenoxy) is 3. The van der Waals surface area contributed by atoms with E-state index in [2.05, 4.69) is 16.4 Å². The molecule has 0 aliphatic rings. The van der Waals surface area contributed by atoms with Crippen molar-refractivity contribution in [2.24, 2.45) is 5.10 Å². The van der Waals surface area contributed by atoms with Gasteiger partial charge in [-0.1, -0.05) is 12.0 Å². The van der Waals surface area contributed by atoms with Crippen molar-refractivity contribution in [2.45, 2.75) is 0 Å². The lowest BCUT2D eigenvalue weighted by Crippen LogP contribution is -2.17. The number of carbonyl (C=O) groups excluding carboxylic acids is 1. The van der Waals surface area contributed by atoms with Crippen molar-refractivity contribution in [1.29, 1.82) is 0 Å². The summed E-state index contributed by atoms with van der Waals surface area (Å²) in [4.78, 5) is 12.1. The number of hydrogen-bond donors (Lipinski definition) is 1. The summed E-state index contributed by atoms with van der Waals surface area (Å²) in [5.74, 6) is 3.81. The monoisotopic (exact) mass is 338 g/mol. The van der Waals surface area contributed by atoms with Gasteiger partial charge >= 0.3 is 0 Å². The van der Waals surface area contributed by atoms with E-state index < -0.39 is 0 Å². The van der Waals surface area contributed by atoms with Gasteiger partial charge in [0.2, 0.25) is 0 Å². The van der Waals surface area contributed by atoms with Crippen LogP contribution >= 0.6 is 0 Å². The van der Waals surface area contributed by atoms with E-state index in [-0.39, 0.29) is 12.5 Å². The Labute approximate surface area is 146 Å². The van der Waals surface area contributed by atoms with E-state index in [9.17, 15) is 4.79 Å². The highest BCUT2D eigenvalue weighted by Crippen LogP contribution is 2.22. The van der Waals surface area contributed by atoms with Gasteiger partial charge in [0.15, 0.2) is 0 Å². The van der Waals surface area contributed by atoms with Crippen LogP contribution in [0.4, 0.5) is 0 Å². The van der Waals surface area contributed by atoms with Gasteiger partial charge in [-0.2, -0.15) is 5.10 Å². The smallest absolute Gasteiger partial charge is 0.271 e. The summed E-state index contributed by atoms with van der Waals surface area (Å²) in [6.07, 6.45) is 6.67. The summed E-state index contributed by atoms with van der Waals surface area (Å²) >= 11 is 0. The maximum absolute atomic E-state index is 12.1. The molecule has 0 aromatic heterocycles. The number of rotatable bonds is 7. The molecule has 0 heterocycles. The Hall–Kier alpha value is -3.46. The summed E-state index contributed by atoms with van der Waals surface area (Å²) in [6.45, 7) is 0.128. The molecule has 1 amide bonds. The summed E-state index contributed by atoms with van der Waals surface area (Å²) in [5.41, 5.74) is 3.52. The molecule has 0 radical (unpaired) electrons. The third-order valence-electron chi connectivity index (χ3n) is 3.23. The fourth-order valence-corrected chi connectivity index (χ4v) is 1.99. The first-order chi connectivity index (χ1) is 12.2. The fraction of sp³-hybridized carbons (Fsp3) is 0.158. The van der Waals surface area contributed by atoms with Gasteiger partial charge in [0, 0.05) is 11.1 Å². The molecule has 6 nitrogen and oxygen atoms in total. The molecule has 0 atom stereocenters. The van der Waals surface area contributed by atoms with Crippen molar-refractivity contribution >= 4 is 12.1 Å². The summed E-state index contributed by atoms with van der Waals surface area (Å²) in [5, 5.41) is 3.96. The largest absolute Gasteiger partial charge is 0.497 e. The molecule has 128 valence electrons. The van der Waals surface area contributed by atoms with Crippen molar-refractivity contribution in [3.05, 3.63) is 53.6 Å². The first kappa shape index (κ1) is 17.9. The highest BCUT2D eigenvalue weighted by Gasteiger charge is 2.06. The van der Waals surface area contributed by atoms with Gasteiger partial charge < -0.3 is 14.2 Å². The number of benzene rings is 2. The van der Waals surface area contributed by atoms with Gasteiger partial charge in [0.25, 0.3) is 5.91 Å². The molecule has 0 saturated heterocycles. The molecule has 2 rings (SSSR count). The van der Waals surface area contributed by atoms with E-state index >= 15 is 0 Å². The molecule has 0 bridgehead atoms. The lowest BCUT2D eigenvalue weighted by atomic mass is 10.2. The lowest BCUT2D eigenvalue weighted by molar-refractivity contribution is 0.0955. The molecule has 0 aliphatic heterocycles. The average molecular weight is 338 g/mol. The molecule has 6 heteroatoms. The van der Waals surface area contributed by atoms with Crippen molar-refractivity contribution in [3.8, 4) is 29.6 Å². The Balaban J connectivity index is 2.12. The Morgan fingerprint density at radius 3 is 2.68 bits per heavy atom. The maximum atomic E-state index is 12.1. The molecular formula is C19H18N2O4. The van der Waals surface area contributed by atoms with Gasteiger partial charge in [0.1, 0.15) is 23.9 Å². The van der Waals surface area contributed by atoms with Crippen LogP contribution in [-0.2, 0) is 0 Å². The number of amides is 1. The molecule has 0 spiro atoms. The summed E-state index contributed by atoms with van der Waals surface area (Å²) in [6, 6.07) is 12.0. The van der Waals surface area contributed by atoms with Crippen LogP contribution in [0.2, 0.25) is 0 Å².